The molecule has 0 aliphatic carbocycles. The molecule has 1 saturated heterocycles. The van der Waals surface area contributed by atoms with Crippen molar-refractivity contribution in [2.45, 2.75) is 26.3 Å². The van der Waals surface area contributed by atoms with Crippen molar-refractivity contribution in [3.8, 4) is 11.3 Å². The Morgan fingerprint density at radius 1 is 1.31 bits per heavy atom. The first kappa shape index (κ1) is 21.7. The van der Waals surface area contributed by atoms with Gasteiger partial charge in [-0.15, -0.1) is 0 Å². The molecule has 1 aliphatic rings. The quantitative estimate of drug-likeness (QED) is 0.474. The molecule has 8 heteroatoms. The normalized spacial score (nSPS) is 16.7. The van der Waals surface area contributed by atoms with Crippen molar-refractivity contribution >= 4 is 58.0 Å². The summed E-state index contributed by atoms with van der Waals surface area (Å²) in [6.45, 7) is 4.10. The first-order valence-corrected chi connectivity index (χ1v) is 11.6. The Hall–Kier alpha value is -2.03. The second-order valence-corrected chi connectivity index (χ2v) is 9.35. The molecule has 1 fully saturated rings. The number of hydrogen-bond acceptors (Lipinski definition) is 6. The lowest BCUT2D eigenvalue weighted by atomic mass is 10.1. The van der Waals surface area contributed by atoms with Gasteiger partial charge in [-0.1, -0.05) is 36.1 Å². The van der Waals surface area contributed by atoms with E-state index < -0.39 is 17.9 Å². The summed E-state index contributed by atoms with van der Waals surface area (Å²) >= 11 is 7.93. The van der Waals surface area contributed by atoms with E-state index in [1.807, 2.05) is 31.4 Å². The van der Waals surface area contributed by atoms with Crippen molar-refractivity contribution in [3.63, 3.8) is 0 Å². The third-order valence-electron chi connectivity index (χ3n) is 4.71. The number of nitrogens with zero attached hydrogens (tertiary/aromatic N) is 1. The number of carbonyl (C=O) groups is 2. The van der Waals surface area contributed by atoms with E-state index in [0.29, 0.717) is 28.6 Å². The minimum absolute atomic E-state index is 0.260. The molecule has 1 unspecified atom stereocenters. The average molecular weight is 448 g/mol. The molecule has 0 bridgehead atoms. The van der Waals surface area contributed by atoms with E-state index >= 15 is 0 Å². The van der Waals surface area contributed by atoms with E-state index in [1.165, 1.54) is 27.8 Å². The molecule has 1 amide bonds. The van der Waals surface area contributed by atoms with Crippen LogP contribution in [0.3, 0.4) is 0 Å². The van der Waals surface area contributed by atoms with Crippen LogP contribution in [0.15, 0.2) is 39.7 Å². The van der Waals surface area contributed by atoms with Crippen LogP contribution in [-0.4, -0.2) is 44.3 Å². The van der Waals surface area contributed by atoms with Crippen LogP contribution >= 0.6 is 35.7 Å². The third-order valence-corrected chi connectivity index (χ3v) is 6.68. The molecule has 0 saturated carbocycles. The summed E-state index contributed by atoms with van der Waals surface area (Å²) in [6, 6.07) is 8.78. The first-order chi connectivity index (χ1) is 13.8. The summed E-state index contributed by atoms with van der Waals surface area (Å²) < 4.78 is 6.15. The summed E-state index contributed by atoms with van der Waals surface area (Å²) in [5.74, 6) is 0.419. The topological polar surface area (TPSA) is 70.8 Å². The number of amides is 1. The van der Waals surface area contributed by atoms with Crippen molar-refractivity contribution < 1.29 is 19.1 Å². The highest BCUT2D eigenvalue weighted by atomic mass is 32.2. The Balaban J connectivity index is 1.83. The van der Waals surface area contributed by atoms with Gasteiger partial charge < -0.3 is 9.52 Å². The van der Waals surface area contributed by atoms with Gasteiger partial charge in [-0.25, -0.2) is 4.79 Å². The molecule has 1 aromatic carbocycles. The zero-order valence-corrected chi connectivity index (χ0v) is 18.7. The lowest BCUT2D eigenvalue weighted by Gasteiger charge is -2.22. The smallest absolute Gasteiger partial charge is 0.326 e. The third kappa shape index (κ3) is 4.76. The Bertz CT molecular complexity index is 996. The van der Waals surface area contributed by atoms with E-state index in [9.17, 15) is 14.7 Å². The van der Waals surface area contributed by atoms with Gasteiger partial charge in [0.15, 0.2) is 0 Å². The van der Waals surface area contributed by atoms with Gasteiger partial charge in [0.2, 0.25) is 0 Å². The number of aliphatic carboxylic acids is 1. The van der Waals surface area contributed by atoms with Gasteiger partial charge in [0.1, 0.15) is 21.9 Å². The predicted molar refractivity (Wildman–Crippen MR) is 123 cm³/mol. The number of aryl methyl sites for hydroxylation is 2. The van der Waals surface area contributed by atoms with Crippen LogP contribution in [0, 0.1) is 13.8 Å². The molecule has 3 rings (SSSR count). The van der Waals surface area contributed by atoms with Gasteiger partial charge >= 0.3 is 5.97 Å². The summed E-state index contributed by atoms with van der Waals surface area (Å²) in [4.78, 5) is 26.0. The fraction of sp³-hybridized carbons (Fsp3) is 0.286. The monoisotopic (exact) mass is 447 g/mol. The zero-order chi connectivity index (χ0) is 21.1. The van der Waals surface area contributed by atoms with E-state index in [-0.39, 0.29) is 4.32 Å². The molecule has 0 radical (unpaired) electrons. The van der Waals surface area contributed by atoms with Crippen molar-refractivity contribution in [1.29, 1.82) is 0 Å². The van der Waals surface area contributed by atoms with Crippen LogP contribution < -0.4 is 0 Å². The second kappa shape index (κ2) is 9.19. The molecular formula is C21H21NO4S3. The van der Waals surface area contributed by atoms with Gasteiger partial charge in [-0.05, 0) is 61.6 Å². The predicted octanol–water partition coefficient (Wildman–Crippen LogP) is 4.97. The molecule has 2 aromatic rings. The van der Waals surface area contributed by atoms with Crippen molar-refractivity contribution in [1.82, 2.24) is 4.90 Å². The Labute approximate surface area is 183 Å². The molecular weight excluding hydrogens is 426 g/mol. The van der Waals surface area contributed by atoms with Crippen LogP contribution in [0.25, 0.3) is 17.4 Å². The molecule has 1 atom stereocenters. The fourth-order valence-electron chi connectivity index (χ4n) is 2.95. The Morgan fingerprint density at radius 2 is 2.07 bits per heavy atom. The SMILES string of the molecule is CSCCC(C(=O)O)N1C(=O)/C(=C/c2ccc(-c3ccc(C)c(C)c3)o2)SC1=S. The summed E-state index contributed by atoms with van der Waals surface area (Å²) in [6.07, 6.45) is 3.86. The van der Waals surface area contributed by atoms with Gasteiger partial charge in [0.25, 0.3) is 5.91 Å². The number of benzene rings is 1. The Kier molecular flexibility index (Phi) is 6.87. The maximum absolute atomic E-state index is 12.8. The number of thioether (sulfide) groups is 2. The number of carbonyl (C=O) groups excluding carboxylic acids is 1. The van der Waals surface area contributed by atoms with Gasteiger partial charge in [0, 0.05) is 11.6 Å². The number of carboxylic acid groups (broad SMARTS) is 1. The maximum atomic E-state index is 12.8. The number of rotatable bonds is 7. The Morgan fingerprint density at radius 3 is 2.72 bits per heavy atom. The van der Waals surface area contributed by atoms with Crippen LogP contribution in [0.5, 0.6) is 0 Å². The second-order valence-electron chi connectivity index (χ2n) is 6.69. The molecule has 152 valence electrons. The van der Waals surface area contributed by atoms with Gasteiger partial charge in [0.05, 0.1) is 4.91 Å². The molecule has 2 heterocycles. The van der Waals surface area contributed by atoms with Crippen molar-refractivity contribution in [3.05, 3.63) is 52.1 Å². The standard InChI is InChI=1S/C21H21NO4S3/c1-12-4-5-14(10-13(12)2)17-7-6-15(26-17)11-18-19(23)22(21(27)29-18)16(20(24)25)8-9-28-3/h4-7,10-11,16H,8-9H2,1-3H3,(H,24,25)/b18-11-. The maximum Gasteiger partial charge on any atom is 0.326 e. The van der Waals surface area contributed by atoms with E-state index in [4.69, 9.17) is 16.6 Å². The molecule has 29 heavy (non-hydrogen) atoms. The van der Waals surface area contributed by atoms with E-state index in [2.05, 4.69) is 13.0 Å². The number of thiocarbonyl (C=S) groups is 1. The van der Waals surface area contributed by atoms with Crippen LogP contribution in [0.4, 0.5) is 0 Å². The first-order valence-electron chi connectivity index (χ1n) is 8.98. The van der Waals surface area contributed by atoms with Gasteiger partial charge in [-0.3, -0.25) is 9.69 Å². The van der Waals surface area contributed by atoms with E-state index in [1.54, 1.807) is 12.1 Å². The average Bonchev–Trinajstić information content (AvgIpc) is 3.24. The van der Waals surface area contributed by atoms with E-state index in [0.717, 1.165) is 17.3 Å². The minimum atomic E-state index is -1.05. The van der Waals surface area contributed by atoms with Crippen LogP contribution in [0.2, 0.25) is 0 Å². The van der Waals surface area contributed by atoms with Crippen molar-refractivity contribution in [2.24, 2.45) is 0 Å². The molecule has 5 nitrogen and oxygen atoms in total. The summed E-state index contributed by atoms with van der Waals surface area (Å²) in [5, 5.41) is 9.53. The summed E-state index contributed by atoms with van der Waals surface area (Å²) in [5.41, 5.74) is 3.34. The largest absolute Gasteiger partial charge is 0.480 e. The molecule has 1 N–H and O–H groups in total. The highest BCUT2D eigenvalue weighted by molar-refractivity contribution is 8.26. The highest BCUT2D eigenvalue weighted by Crippen LogP contribution is 2.35. The zero-order valence-electron chi connectivity index (χ0n) is 16.3. The van der Waals surface area contributed by atoms with Crippen LogP contribution in [0.1, 0.15) is 23.3 Å². The molecule has 1 aromatic heterocycles. The van der Waals surface area contributed by atoms with Gasteiger partial charge in [-0.2, -0.15) is 11.8 Å². The highest BCUT2D eigenvalue weighted by Gasteiger charge is 2.40. The number of hydrogen-bond donors (Lipinski definition) is 1. The van der Waals surface area contributed by atoms with Crippen molar-refractivity contribution in [2.75, 3.05) is 12.0 Å². The minimum Gasteiger partial charge on any atom is -0.480 e. The summed E-state index contributed by atoms with van der Waals surface area (Å²) in [7, 11) is 0. The number of carboxylic acids is 1. The lowest BCUT2D eigenvalue weighted by molar-refractivity contribution is -0.145. The van der Waals surface area contributed by atoms with Crippen LogP contribution in [-0.2, 0) is 9.59 Å². The fourth-order valence-corrected chi connectivity index (χ4v) is 4.75. The molecule has 1 aliphatic heterocycles. The number of furan rings is 1. The molecule has 0 spiro atoms. The lowest BCUT2D eigenvalue weighted by Crippen LogP contribution is -2.44.